The summed E-state index contributed by atoms with van der Waals surface area (Å²) in [5.41, 5.74) is -0.550. The van der Waals surface area contributed by atoms with Crippen molar-refractivity contribution in [2.75, 3.05) is 19.7 Å². The highest BCUT2D eigenvalue weighted by atomic mass is 16.3. The topological polar surface area (TPSA) is 69.6 Å². The van der Waals surface area contributed by atoms with Crippen LogP contribution in [0, 0.1) is 11.8 Å². The van der Waals surface area contributed by atoms with Crippen molar-refractivity contribution in [3.8, 4) is 0 Å². The smallest absolute Gasteiger partial charge is 0.225 e. The van der Waals surface area contributed by atoms with E-state index in [0.29, 0.717) is 31.8 Å². The molecule has 1 fully saturated rings. The monoisotopic (exact) mass is 284 g/mol. The number of nitrogens with zero attached hydrogens (tertiary/aromatic N) is 1. The zero-order valence-corrected chi connectivity index (χ0v) is 13.1. The highest BCUT2D eigenvalue weighted by Gasteiger charge is 2.37. The third-order valence-electron chi connectivity index (χ3n) is 4.22. The Hall–Kier alpha value is -1.10. The van der Waals surface area contributed by atoms with Gasteiger partial charge < -0.3 is 15.3 Å². The van der Waals surface area contributed by atoms with E-state index in [1.54, 1.807) is 4.90 Å². The van der Waals surface area contributed by atoms with Crippen LogP contribution in [-0.2, 0) is 9.59 Å². The molecule has 1 rings (SSSR count). The standard InChI is InChI=1S/C15H28N2O3/c1-5-15(6-2,10-18)16-14(20)12-7-13(19)17(9-12)8-11(3)4/h11-12,18H,5-10H2,1-4H3,(H,16,20). The maximum Gasteiger partial charge on any atom is 0.225 e. The lowest BCUT2D eigenvalue weighted by atomic mass is 9.92. The van der Waals surface area contributed by atoms with Gasteiger partial charge in [-0.2, -0.15) is 0 Å². The van der Waals surface area contributed by atoms with Gasteiger partial charge in [0.15, 0.2) is 0 Å². The van der Waals surface area contributed by atoms with Crippen LogP contribution in [-0.4, -0.2) is 47.1 Å². The van der Waals surface area contributed by atoms with Crippen LogP contribution in [0.3, 0.4) is 0 Å². The Morgan fingerprint density at radius 3 is 2.50 bits per heavy atom. The minimum atomic E-state index is -0.550. The first-order valence-corrected chi connectivity index (χ1v) is 7.58. The van der Waals surface area contributed by atoms with E-state index in [4.69, 9.17) is 0 Å². The molecule has 1 aliphatic heterocycles. The van der Waals surface area contributed by atoms with Gasteiger partial charge in [-0.1, -0.05) is 27.7 Å². The van der Waals surface area contributed by atoms with Crippen LogP contribution in [0.15, 0.2) is 0 Å². The molecule has 1 heterocycles. The van der Waals surface area contributed by atoms with E-state index in [9.17, 15) is 14.7 Å². The average molecular weight is 284 g/mol. The van der Waals surface area contributed by atoms with E-state index < -0.39 is 5.54 Å². The van der Waals surface area contributed by atoms with Crippen molar-refractivity contribution in [3.05, 3.63) is 0 Å². The fourth-order valence-corrected chi connectivity index (χ4v) is 2.62. The molecule has 1 aliphatic rings. The van der Waals surface area contributed by atoms with Crippen molar-refractivity contribution in [2.24, 2.45) is 11.8 Å². The fraction of sp³-hybridized carbons (Fsp3) is 0.867. The number of hydrogen-bond acceptors (Lipinski definition) is 3. The van der Waals surface area contributed by atoms with Crippen LogP contribution in [0.5, 0.6) is 0 Å². The van der Waals surface area contributed by atoms with Crippen molar-refractivity contribution in [3.63, 3.8) is 0 Å². The van der Waals surface area contributed by atoms with Gasteiger partial charge in [0, 0.05) is 19.5 Å². The normalized spacial score (nSPS) is 19.8. The van der Waals surface area contributed by atoms with Gasteiger partial charge >= 0.3 is 0 Å². The third-order valence-corrected chi connectivity index (χ3v) is 4.22. The predicted molar refractivity (Wildman–Crippen MR) is 78.1 cm³/mol. The summed E-state index contributed by atoms with van der Waals surface area (Å²) in [6, 6.07) is 0. The maximum absolute atomic E-state index is 12.3. The Morgan fingerprint density at radius 1 is 1.45 bits per heavy atom. The summed E-state index contributed by atoms with van der Waals surface area (Å²) >= 11 is 0. The lowest BCUT2D eigenvalue weighted by molar-refractivity contribution is -0.130. The molecule has 0 aliphatic carbocycles. The van der Waals surface area contributed by atoms with Gasteiger partial charge in [-0.15, -0.1) is 0 Å². The molecular weight excluding hydrogens is 256 g/mol. The Kier molecular flexibility index (Phi) is 5.99. The molecule has 20 heavy (non-hydrogen) atoms. The van der Waals surface area contributed by atoms with Crippen LogP contribution < -0.4 is 5.32 Å². The molecule has 1 unspecified atom stereocenters. The lowest BCUT2D eigenvalue weighted by Crippen LogP contribution is -2.52. The van der Waals surface area contributed by atoms with Gasteiger partial charge in [0.25, 0.3) is 0 Å². The number of carbonyl (C=O) groups excluding carboxylic acids is 2. The summed E-state index contributed by atoms with van der Waals surface area (Å²) in [6.07, 6.45) is 1.65. The molecule has 0 radical (unpaired) electrons. The molecule has 2 amide bonds. The van der Waals surface area contributed by atoms with Crippen LogP contribution in [0.1, 0.15) is 47.0 Å². The van der Waals surface area contributed by atoms with Crippen molar-refractivity contribution in [1.82, 2.24) is 10.2 Å². The molecule has 1 saturated heterocycles. The largest absolute Gasteiger partial charge is 0.394 e. The molecule has 5 heteroatoms. The minimum absolute atomic E-state index is 0.0569. The van der Waals surface area contributed by atoms with Crippen molar-refractivity contribution in [2.45, 2.75) is 52.5 Å². The minimum Gasteiger partial charge on any atom is -0.394 e. The molecule has 0 bridgehead atoms. The van der Waals surface area contributed by atoms with E-state index in [1.807, 2.05) is 13.8 Å². The van der Waals surface area contributed by atoms with Gasteiger partial charge in [-0.3, -0.25) is 9.59 Å². The summed E-state index contributed by atoms with van der Waals surface area (Å²) in [7, 11) is 0. The molecule has 116 valence electrons. The SMILES string of the molecule is CCC(CC)(CO)NC(=O)C1CC(=O)N(CC(C)C)C1. The molecule has 0 spiro atoms. The Labute approximate surface area is 121 Å². The van der Waals surface area contributed by atoms with Crippen LogP contribution in [0.4, 0.5) is 0 Å². The quantitative estimate of drug-likeness (QED) is 0.737. The number of hydrogen-bond donors (Lipinski definition) is 2. The Bertz CT molecular complexity index is 343. The van der Waals surface area contributed by atoms with E-state index in [0.717, 1.165) is 0 Å². The molecular formula is C15H28N2O3. The molecule has 0 aromatic rings. The van der Waals surface area contributed by atoms with Crippen molar-refractivity contribution >= 4 is 11.8 Å². The summed E-state index contributed by atoms with van der Waals surface area (Å²) in [5, 5.41) is 12.4. The second kappa shape index (κ2) is 7.07. The first-order chi connectivity index (χ1) is 9.37. The summed E-state index contributed by atoms with van der Waals surface area (Å²) in [5.74, 6) is 0.0673. The number of likely N-dealkylation sites (tertiary alicyclic amines) is 1. The van der Waals surface area contributed by atoms with E-state index in [-0.39, 0.29) is 30.8 Å². The molecule has 5 nitrogen and oxygen atoms in total. The highest BCUT2D eigenvalue weighted by Crippen LogP contribution is 2.22. The number of rotatable bonds is 7. The van der Waals surface area contributed by atoms with Gasteiger partial charge in [0.05, 0.1) is 18.1 Å². The van der Waals surface area contributed by atoms with Crippen LogP contribution >= 0.6 is 0 Å². The lowest BCUT2D eigenvalue weighted by Gasteiger charge is -2.32. The molecule has 1 atom stereocenters. The van der Waals surface area contributed by atoms with Crippen LogP contribution in [0.25, 0.3) is 0 Å². The van der Waals surface area contributed by atoms with Gasteiger partial charge in [-0.05, 0) is 18.8 Å². The Morgan fingerprint density at radius 2 is 2.05 bits per heavy atom. The summed E-state index contributed by atoms with van der Waals surface area (Å²) in [6.45, 7) is 9.15. The Balaban J connectivity index is 2.63. The predicted octanol–water partition coefficient (Wildman–Crippen LogP) is 1.16. The first kappa shape index (κ1) is 17.0. The van der Waals surface area contributed by atoms with Gasteiger partial charge in [0.1, 0.15) is 0 Å². The third kappa shape index (κ3) is 3.95. The number of amides is 2. The summed E-state index contributed by atoms with van der Waals surface area (Å²) in [4.78, 5) is 26.0. The van der Waals surface area contributed by atoms with Crippen molar-refractivity contribution < 1.29 is 14.7 Å². The summed E-state index contributed by atoms with van der Waals surface area (Å²) < 4.78 is 0. The number of aliphatic hydroxyl groups is 1. The van der Waals surface area contributed by atoms with E-state index >= 15 is 0 Å². The first-order valence-electron chi connectivity index (χ1n) is 7.58. The molecule has 0 saturated carbocycles. The molecule has 0 aromatic heterocycles. The zero-order valence-electron chi connectivity index (χ0n) is 13.1. The van der Waals surface area contributed by atoms with Crippen molar-refractivity contribution in [1.29, 1.82) is 0 Å². The number of nitrogens with one attached hydrogen (secondary N) is 1. The number of aliphatic hydroxyl groups excluding tert-OH is 1. The highest BCUT2D eigenvalue weighted by molar-refractivity contribution is 5.89. The van der Waals surface area contributed by atoms with Crippen LogP contribution in [0.2, 0.25) is 0 Å². The van der Waals surface area contributed by atoms with Gasteiger partial charge in [0.2, 0.25) is 11.8 Å². The molecule has 2 N–H and O–H groups in total. The molecule has 0 aromatic carbocycles. The van der Waals surface area contributed by atoms with E-state index in [1.165, 1.54) is 0 Å². The second-order valence-corrected chi connectivity index (χ2v) is 6.23. The maximum atomic E-state index is 12.3. The van der Waals surface area contributed by atoms with Gasteiger partial charge in [-0.25, -0.2) is 0 Å². The average Bonchev–Trinajstić information content (AvgIpc) is 2.77. The second-order valence-electron chi connectivity index (χ2n) is 6.23. The zero-order chi connectivity index (χ0) is 15.3. The number of carbonyl (C=O) groups is 2. The fourth-order valence-electron chi connectivity index (χ4n) is 2.62. The van der Waals surface area contributed by atoms with E-state index in [2.05, 4.69) is 19.2 Å².